The highest BCUT2D eigenvalue weighted by molar-refractivity contribution is 7.52. The summed E-state index contributed by atoms with van der Waals surface area (Å²) in [6.45, 7) is 3.42. The van der Waals surface area contributed by atoms with Crippen LogP contribution >= 0.6 is 7.60 Å². The van der Waals surface area contributed by atoms with Gasteiger partial charge in [-0.25, -0.2) is 0 Å². The molecule has 0 aliphatic rings. The van der Waals surface area contributed by atoms with Crippen molar-refractivity contribution < 1.29 is 14.4 Å². The van der Waals surface area contributed by atoms with Gasteiger partial charge in [0.15, 0.2) is 0 Å². The molecule has 12 heavy (non-hydrogen) atoms. The highest BCUT2D eigenvalue weighted by Crippen LogP contribution is 2.42. The van der Waals surface area contributed by atoms with E-state index in [1.165, 1.54) is 6.92 Å². The third-order valence-corrected chi connectivity index (χ3v) is 3.00. The van der Waals surface area contributed by atoms with Gasteiger partial charge in [-0.1, -0.05) is 20.3 Å². The minimum atomic E-state index is -3.98. The van der Waals surface area contributed by atoms with Crippen LogP contribution in [0.1, 0.15) is 33.1 Å². The summed E-state index contributed by atoms with van der Waals surface area (Å²) in [5.41, 5.74) is -0.287. The van der Waals surface area contributed by atoms with Gasteiger partial charge in [0.05, 0.1) is 5.66 Å². The fraction of sp³-hybridized carbons (Fsp3) is 0.857. The van der Waals surface area contributed by atoms with Crippen LogP contribution in [0.15, 0.2) is 0 Å². The molecular weight excluding hydrogens is 177 g/mol. The Morgan fingerprint density at radius 1 is 1.58 bits per heavy atom. The molecule has 0 aliphatic carbocycles. The molecule has 0 aromatic carbocycles. The van der Waals surface area contributed by atoms with E-state index in [4.69, 9.17) is 15.2 Å². The summed E-state index contributed by atoms with van der Waals surface area (Å²) >= 11 is 0. The minimum absolute atomic E-state index is 0.206. The van der Waals surface area contributed by atoms with Crippen molar-refractivity contribution in [2.24, 2.45) is 0 Å². The lowest BCUT2D eigenvalue weighted by molar-refractivity contribution is 0.361. The van der Waals surface area contributed by atoms with Crippen molar-refractivity contribution in [2.75, 3.05) is 0 Å². The summed E-state index contributed by atoms with van der Waals surface area (Å²) in [5.74, 6) is 0. The zero-order chi connectivity index (χ0) is 9.78. The van der Waals surface area contributed by atoms with Crippen molar-refractivity contribution in [1.29, 1.82) is 5.41 Å². The second-order valence-corrected chi connectivity index (χ2v) is 5.06. The SMILES string of the molecule is CCCC(=N)CC(C)P(=O)(O)O. The van der Waals surface area contributed by atoms with Crippen LogP contribution in [0.5, 0.6) is 0 Å². The van der Waals surface area contributed by atoms with Gasteiger partial charge in [-0.05, 0) is 12.8 Å². The van der Waals surface area contributed by atoms with E-state index < -0.39 is 13.3 Å². The van der Waals surface area contributed by atoms with Gasteiger partial charge in [-0.2, -0.15) is 0 Å². The highest BCUT2D eigenvalue weighted by atomic mass is 31.2. The second kappa shape index (κ2) is 4.75. The largest absolute Gasteiger partial charge is 0.328 e. The van der Waals surface area contributed by atoms with Crippen molar-refractivity contribution in [3.63, 3.8) is 0 Å². The lowest BCUT2D eigenvalue weighted by atomic mass is 10.1. The van der Waals surface area contributed by atoms with Gasteiger partial charge in [0.2, 0.25) is 0 Å². The van der Waals surface area contributed by atoms with E-state index >= 15 is 0 Å². The Labute approximate surface area is 72.7 Å². The highest BCUT2D eigenvalue weighted by Gasteiger charge is 2.24. The topological polar surface area (TPSA) is 81.4 Å². The van der Waals surface area contributed by atoms with Gasteiger partial charge in [-0.15, -0.1) is 0 Å². The standard InChI is InChI=1S/C7H16NO3P/c1-3-4-7(8)5-6(2)12(9,10)11/h6,8H,3-5H2,1-2H3,(H2,9,10,11). The van der Waals surface area contributed by atoms with Gasteiger partial charge < -0.3 is 15.2 Å². The average Bonchev–Trinajstić information content (AvgIpc) is 1.85. The molecule has 5 heteroatoms. The van der Waals surface area contributed by atoms with Crippen LogP contribution < -0.4 is 0 Å². The van der Waals surface area contributed by atoms with E-state index in [9.17, 15) is 4.57 Å². The van der Waals surface area contributed by atoms with Gasteiger partial charge in [-0.3, -0.25) is 4.57 Å². The predicted octanol–water partition coefficient (Wildman–Crippen LogP) is 1.76. The summed E-state index contributed by atoms with van der Waals surface area (Å²) in [7, 11) is -3.98. The fourth-order valence-electron chi connectivity index (χ4n) is 0.879. The second-order valence-electron chi connectivity index (χ2n) is 3.00. The minimum Gasteiger partial charge on any atom is -0.324 e. The summed E-state index contributed by atoms with van der Waals surface area (Å²) in [6.07, 6.45) is 1.69. The Balaban J connectivity index is 3.93. The van der Waals surface area contributed by atoms with Crippen LogP contribution in [0.2, 0.25) is 0 Å². The van der Waals surface area contributed by atoms with Crippen molar-refractivity contribution in [3.8, 4) is 0 Å². The van der Waals surface area contributed by atoms with Crippen LogP contribution in [0.4, 0.5) is 0 Å². The lowest BCUT2D eigenvalue weighted by Crippen LogP contribution is -2.09. The molecule has 1 atom stereocenters. The zero-order valence-electron chi connectivity index (χ0n) is 7.45. The van der Waals surface area contributed by atoms with E-state index in [-0.39, 0.29) is 6.42 Å². The third-order valence-electron chi connectivity index (χ3n) is 1.67. The van der Waals surface area contributed by atoms with Crippen LogP contribution in [0.25, 0.3) is 0 Å². The molecule has 1 unspecified atom stereocenters. The van der Waals surface area contributed by atoms with Crippen LogP contribution in [-0.2, 0) is 4.57 Å². The van der Waals surface area contributed by atoms with Crippen LogP contribution in [0.3, 0.4) is 0 Å². The fourth-order valence-corrected chi connectivity index (χ4v) is 1.34. The van der Waals surface area contributed by atoms with Crippen molar-refractivity contribution in [1.82, 2.24) is 0 Å². The molecule has 0 radical (unpaired) electrons. The molecule has 72 valence electrons. The first-order valence-corrected chi connectivity index (χ1v) is 5.67. The van der Waals surface area contributed by atoms with Gasteiger partial charge in [0, 0.05) is 5.71 Å². The Hall–Kier alpha value is -0.180. The maximum absolute atomic E-state index is 10.7. The van der Waals surface area contributed by atoms with Gasteiger partial charge in [0.1, 0.15) is 0 Å². The van der Waals surface area contributed by atoms with E-state index in [1.807, 2.05) is 6.92 Å². The molecule has 0 saturated carbocycles. The summed E-state index contributed by atoms with van der Waals surface area (Å²) < 4.78 is 10.7. The summed E-state index contributed by atoms with van der Waals surface area (Å²) in [6, 6.07) is 0. The number of hydrogen-bond donors (Lipinski definition) is 3. The zero-order valence-corrected chi connectivity index (χ0v) is 8.34. The molecule has 0 saturated heterocycles. The molecule has 0 rings (SSSR count). The van der Waals surface area contributed by atoms with Gasteiger partial charge >= 0.3 is 7.60 Å². The van der Waals surface area contributed by atoms with Crippen molar-refractivity contribution in [3.05, 3.63) is 0 Å². The smallest absolute Gasteiger partial charge is 0.324 e. The lowest BCUT2D eigenvalue weighted by Gasteiger charge is -2.13. The predicted molar refractivity (Wildman–Crippen MR) is 48.8 cm³/mol. The molecular formula is C7H16NO3P. The molecule has 0 fully saturated rings. The van der Waals surface area contributed by atoms with Gasteiger partial charge in [0.25, 0.3) is 0 Å². The first-order chi connectivity index (χ1) is 5.38. The molecule has 0 heterocycles. The Morgan fingerprint density at radius 3 is 2.42 bits per heavy atom. The average molecular weight is 193 g/mol. The molecule has 0 aromatic heterocycles. The van der Waals surface area contributed by atoms with E-state index in [0.717, 1.165) is 6.42 Å². The summed E-state index contributed by atoms with van der Waals surface area (Å²) in [4.78, 5) is 17.4. The van der Waals surface area contributed by atoms with Crippen LogP contribution in [-0.4, -0.2) is 21.2 Å². The first kappa shape index (κ1) is 11.8. The molecule has 0 bridgehead atoms. The van der Waals surface area contributed by atoms with Crippen molar-refractivity contribution >= 4 is 13.3 Å². The number of nitrogens with one attached hydrogen (secondary N) is 1. The first-order valence-electron chi connectivity index (χ1n) is 3.99. The Kier molecular flexibility index (Phi) is 4.68. The monoisotopic (exact) mass is 193 g/mol. The van der Waals surface area contributed by atoms with Crippen molar-refractivity contribution in [2.45, 2.75) is 38.8 Å². The van der Waals surface area contributed by atoms with Crippen LogP contribution in [0, 0.1) is 5.41 Å². The number of hydrogen-bond acceptors (Lipinski definition) is 2. The molecule has 0 amide bonds. The maximum atomic E-state index is 10.7. The maximum Gasteiger partial charge on any atom is 0.328 e. The van der Waals surface area contributed by atoms with E-state index in [1.54, 1.807) is 0 Å². The van der Waals surface area contributed by atoms with E-state index in [2.05, 4.69) is 0 Å². The molecule has 0 aliphatic heterocycles. The molecule has 4 nitrogen and oxygen atoms in total. The molecule has 0 spiro atoms. The summed E-state index contributed by atoms with van der Waals surface area (Å²) in [5, 5.41) is 7.36. The Morgan fingerprint density at radius 2 is 2.08 bits per heavy atom. The third kappa shape index (κ3) is 4.65. The van der Waals surface area contributed by atoms with E-state index in [0.29, 0.717) is 12.1 Å². The quantitative estimate of drug-likeness (QED) is 0.459. The molecule has 3 N–H and O–H groups in total. The number of rotatable bonds is 5. The normalized spacial score (nSPS) is 14.3. The Bertz CT molecular complexity index is 199. The molecule has 0 aromatic rings.